The van der Waals surface area contributed by atoms with Crippen LogP contribution in [0.3, 0.4) is 0 Å². The predicted octanol–water partition coefficient (Wildman–Crippen LogP) is 1.10. The van der Waals surface area contributed by atoms with Crippen LogP contribution in [0, 0.1) is 0 Å². The fourth-order valence-corrected chi connectivity index (χ4v) is 5.05. The molecule has 2 fully saturated rings. The van der Waals surface area contributed by atoms with E-state index in [4.69, 9.17) is 0 Å². The molecule has 0 bridgehead atoms. The van der Waals surface area contributed by atoms with Crippen LogP contribution in [0.5, 0.6) is 0 Å². The topological polar surface area (TPSA) is 69.7 Å². The van der Waals surface area contributed by atoms with Crippen LogP contribution < -0.4 is 5.32 Å². The highest BCUT2D eigenvalue weighted by Crippen LogP contribution is 2.26. The molecule has 0 aromatic rings. The van der Waals surface area contributed by atoms with Crippen LogP contribution in [0.1, 0.15) is 51.9 Å². The molecule has 1 aliphatic carbocycles. The van der Waals surface area contributed by atoms with Crippen molar-refractivity contribution in [2.75, 3.05) is 20.1 Å². The monoisotopic (exact) mass is 317 g/mol. The van der Waals surface area contributed by atoms with E-state index < -0.39 is 10.2 Å². The fourth-order valence-electron chi connectivity index (χ4n) is 3.37. The highest BCUT2D eigenvalue weighted by atomic mass is 32.2. The third-order valence-corrected chi connectivity index (χ3v) is 6.58. The second-order valence-corrected chi connectivity index (χ2v) is 8.20. The molecule has 122 valence electrons. The van der Waals surface area contributed by atoms with Crippen molar-refractivity contribution in [3.05, 3.63) is 0 Å². The standard InChI is InChI=1S/C14H27N3O3S/c1-12(18)15-13-7-6-10-17(11-13)21(19,20)16(2)14-8-4-3-5-9-14/h13-14H,3-11H2,1-2H3,(H,15,18). The molecule has 1 saturated carbocycles. The molecule has 2 aliphatic rings. The maximum Gasteiger partial charge on any atom is 0.282 e. The summed E-state index contributed by atoms with van der Waals surface area (Å²) in [5.74, 6) is -0.0973. The van der Waals surface area contributed by atoms with E-state index in [0.29, 0.717) is 13.1 Å². The van der Waals surface area contributed by atoms with Gasteiger partial charge in [-0.05, 0) is 25.7 Å². The van der Waals surface area contributed by atoms with Crippen molar-refractivity contribution in [2.24, 2.45) is 0 Å². The Bertz CT molecular complexity index is 460. The zero-order valence-electron chi connectivity index (χ0n) is 13.0. The van der Waals surface area contributed by atoms with Crippen molar-refractivity contribution in [3.8, 4) is 0 Å². The van der Waals surface area contributed by atoms with Crippen molar-refractivity contribution < 1.29 is 13.2 Å². The lowest BCUT2D eigenvalue weighted by Crippen LogP contribution is -2.54. The van der Waals surface area contributed by atoms with E-state index in [9.17, 15) is 13.2 Å². The third-order valence-electron chi connectivity index (χ3n) is 4.57. The summed E-state index contributed by atoms with van der Waals surface area (Å²) in [6.45, 7) is 2.41. The van der Waals surface area contributed by atoms with E-state index in [1.807, 2.05) is 0 Å². The van der Waals surface area contributed by atoms with Gasteiger partial charge in [-0.2, -0.15) is 17.0 Å². The zero-order valence-corrected chi connectivity index (χ0v) is 13.9. The van der Waals surface area contributed by atoms with Crippen LogP contribution in [0.4, 0.5) is 0 Å². The number of carbonyl (C=O) groups is 1. The van der Waals surface area contributed by atoms with E-state index in [0.717, 1.165) is 38.5 Å². The first-order chi connectivity index (χ1) is 9.91. The molecular weight excluding hydrogens is 290 g/mol. The van der Waals surface area contributed by atoms with Gasteiger partial charge in [-0.15, -0.1) is 0 Å². The molecular formula is C14H27N3O3S. The van der Waals surface area contributed by atoms with Crippen molar-refractivity contribution in [3.63, 3.8) is 0 Å². The van der Waals surface area contributed by atoms with Gasteiger partial charge in [0.2, 0.25) is 5.91 Å². The molecule has 7 heteroatoms. The highest BCUT2D eigenvalue weighted by molar-refractivity contribution is 7.86. The molecule has 1 unspecified atom stereocenters. The van der Waals surface area contributed by atoms with Crippen molar-refractivity contribution >= 4 is 16.1 Å². The van der Waals surface area contributed by atoms with Crippen LogP contribution >= 0.6 is 0 Å². The first-order valence-electron chi connectivity index (χ1n) is 7.91. The minimum absolute atomic E-state index is 0.0641. The maximum absolute atomic E-state index is 12.8. The highest BCUT2D eigenvalue weighted by Gasteiger charge is 2.35. The Morgan fingerprint density at radius 2 is 1.81 bits per heavy atom. The Morgan fingerprint density at radius 3 is 2.43 bits per heavy atom. The van der Waals surface area contributed by atoms with Gasteiger partial charge in [0.1, 0.15) is 0 Å². The lowest BCUT2D eigenvalue weighted by Gasteiger charge is -2.38. The van der Waals surface area contributed by atoms with Crippen molar-refractivity contribution in [2.45, 2.75) is 64.0 Å². The van der Waals surface area contributed by atoms with Crippen LogP contribution in [-0.2, 0) is 15.0 Å². The molecule has 1 amide bonds. The maximum atomic E-state index is 12.8. The smallest absolute Gasteiger partial charge is 0.282 e. The van der Waals surface area contributed by atoms with Gasteiger partial charge in [0.05, 0.1) is 0 Å². The first kappa shape index (κ1) is 16.7. The van der Waals surface area contributed by atoms with Gasteiger partial charge in [-0.25, -0.2) is 0 Å². The van der Waals surface area contributed by atoms with E-state index in [2.05, 4.69) is 5.32 Å². The van der Waals surface area contributed by atoms with Gasteiger partial charge >= 0.3 is 0 Å². The zero-order chi connectivity index (χ0) is 15.5. The number of amides is 1. The molecule has 1 aliphatic heterocycles. The summed E-state index contributed by atoms with van der Waals surface area (Å²) in [7, 11) is -1.71. The van der Waals surface area contributed by atoms with Gasteiger partial charge in [-0.1, -0.05) is 19.3 Å². The fraction of sp³-hybridized carbons (Fsp3) is 0.929. The molecule has 0 spiro atoms. The molecule has 1 heterocycles. The summed E-state index contributed by atoms with van der Waals surface area (Å²) in [5, 5.41) is 2.84. The predicted molar refractivity (Wildman–Crippen MR) is 82.0 cm³/mol. The second-order valence-electron chi connectivity index (χ2n) is 6.21. The SMILES string of the molecule is CC(=O)NC1CCCN(S(=O)(=O)N(C)C2CCCCC2)C1. The summed E-state index contributed by atoms with van der Waals surface area (Å²) in [5.41, 5.74) is 0. The molecule has 2 rings (SSSR count). The molecule has 1 atom stereocenters. The Balaban J connectivity index is 2.01. The number of hydrogen-bond acceptors (Lipinski definition) is 3. The molecule has 0 aromatic carbocycles. The third kappa shape index (κ3) is 4.17. The van der Waals surface area contributed by atoms with Crippen LogP contribution in [0.2, 0.25) is 0 Å². The lowest BCUT2D eigenvalue weighted by atomic mass is 9.96. The normalized spacial score (nSPS) is 26.0. The lowest BCUT2D eigenvalue weighted by molar-refractivity contribution is -0.119. The van der Waals surface area contributed by atoms with Crippen LogP contribution in [-0.4, -0.2) is 55.2 Å². The Labute approximate surface area is 128 Å². The summed E-state index contributed by atoms with van der Waals surface area (Å²) in [4.78, 5) is 11.2. The van der Waals surface area contributed by atoms with E-state index >= 15 is 0 Å². The Hall–Kier alpha value is -0.660. The summed E-state index contributed by atoms with van der Waals surface area (Å²) in [6.07, 6.45) is 6.98. The largest absolute Gasteiger partial charge is 0.352 e. The summed E-state index contributed by atoms with van der Waals surface area (Å²) < 4.78 is 28.6. The van der Waals surface area contributed by atoms with E-state index in [-0.39, 0.29) is 18.0 Å². The molecule has 21 heavy (non-hydrogen) atoms. The minimum atomic E-state index is -3.42. The average molecular weight is 317 g/mol. The van der Waals surface area contributed by atoms with Gasteiger partial charge in [0, 0.05) is 39.1 Å². The quantitative estimate of drug-likeness (QED) is 0.844. The summed E-state index contributed by atoms with van der Waals surface area (Å²) in [6, 6.07) is 0.0654. The number of piperidine rings is 1. The summed E-state index contributed by atoms with van der Waals surface area (Å²) >= 11 is 0. The van der Waals surface area contributed by atoms with Gasteiger partial charge in [0.15, 0.2) is 0 Å². The van der Waals surface area contributed by atoms with Crippen LogP contribution in [0.15, 0.2) is 0 Å². The van der Waals surface area contributed by atoms with Crippen LogP contribution in [0.25, 0.3) is 0 Å². The molecule has 6 nitrogen and oxygen atoms in total. The van der Waals surface area contributed by atoms with E-state index in [1.54, 1.807) is 11.4 Å². The molecule has 0 aromatic heterocycles. The average Bonchev–Trinajstić information content (AvgIpc) is 2.47. The van der Waals surface area contributed by atoms with Gasteiger partial charge in [-0.3, -0.25) is 4.79 Å². The van der Waals surface area contributed by atoms with Gasteiger partial charge < -0.3 is 5.32 Å². The first-order valence-corrected chi connectivity index (χ1v) is 9.31. The number of carbonyl (C=O) groups excluding carboxylic acids is 1. The van der Waals surface area contributed by atoms with E-state index in [1.165, 1.54) is 17.6 Å². The minimum Gasteiger partial charge on any atom is -0.352 e. The number of nitrogens with zero attached hydrogens (tertiary/aromatic N) is 2. The molecule has 1 N–H and O–H groups in total. The molecule has 1 saturated heterocycles. The number of nitrogens with one attached hydrogen (secondary N) is 1. The number of rotatable bonds is 4. The van der Waals surface area contributed by atoms with Crippen molar-refractivity contribution in [1.29, 1.82) is 0 Å². The number of hydrogen-bond donors (Lipinski definition) is 1. The Morgan fingerprint density at radius 1 is 1.14 bits per heavy atom. The Kier molecular flexibility index (Phi) is 5.62. The van der Waals surface area contributed by atoms with Crippen molar-refractivity contribution in [1.82, 2.24) is 13.9 Å². The molecule has 0 radical (unpaired) electrons. The van der Waals surface area contributed by atoms with Gasteiger partial charge in [0.25, 0.3) is 10.2 Å². The second kappa shape index (κ2) is 7.07.